The third-order valence-corrected chi connectivity index (χ3v) is 6.44. The van der Waals surface area contributed by atoms with Crippen LogP contribution < -0.4 is 10.1 Å². The van der Waals surface area contributed by atoms with Crippen LogP contribution in [0.2, 0.25) is 0 Å². The number of thioether (sulfide) groups is 1. The Labute approximate surface area is 176 Å². The van der Waals surface area contributed by atoms with Crippen molar-refractivity contribution in [1.82, 2.24) is 5.01 Å². The largest absolute Gasteiger partial charge is 0.494 e. The Bertz CT molecular complexity index is 770. The van der Waals surface area contributed by atoms with Crippen LogP contribution in [0.25, 0.3) is 0 Å². The third kappa shape index (κ3) is 5.35. The van der Waals surface area contributed by atoms with E-state index in [2.05, 4.69) is 26.3 Å². The second kappa shape index (κ2) is 9.56. The maximum absolute atomic E-state index is 12.6. The van der Waals surface area contributed by atoms with Gasteiger partial charge in [-0.3, -0.25) is 15.0 Å². The van der Waals surface area contributed by atoms with Gasteiger partial charge in [-0.25, -0.2) is 0 Å². The molecule has 0 radical (unpaired) electrons. The predicted molar refractivity (Wildman–Crippen MR) is 115 cm³/mol. The number of carbonyl (C=O) groups is 2. The smallest absolute Gasteiger partial charge is 0.250 e. The molecule has 28 heavy (non-hydrogen) atoms. The summed E-state index contributed by atoms with van der Waals surface area (Å²) in [5.41, 5.74) is 0.599. The Morgan fingerprint density at radius 3 is 3.00 bits per heavy atom. The highest BCUT2D eigenvalue weighted by Crippen LogP contribution is 2.31. The van der Waals surface area contributed by atoms with Gasteiger partial charge in [0, 0.05) is 22.8 Å². The van der Waals surface area contributed by atoms with Crippen LogP contribution in [0, 0.1) is 11.3 Å². The number of rotatable bonds is 6. The maximum atomic E-state index is 12.6. The summed E-state index contributed by atoms with van der Waals surface area (Å²) >= 11 is 4.64. The standard InChI is InChI=1S/C19H23BrN4O3S/c1-2-27-15-5-3-4-14(9-15)23-18(26)16-10-17(25)24(19(21)28-16)22-11-12-6-7-13(20)8-12/h3-5,9,11-13,16,21H,2,6-8,10H2,1H3,(H,23,26). The first-order valence-corrected chi connectivity index (χ1v) is 11.1. The van der Waals surface area contributed by atoms with Crippen LogP contribution in [0.4, 0.5) is 5.69 Å². The average Bonchev–Trinajstić information content (AvgIpc) is 3.06. The lowest BCUT2D eigenvalue weighted by molar-refractivity contribution is -0.129. The summed E-state index contributed by atoms with van der Waals surface area (Å²) in [5.74, 6) is 0.335. The van der Waals surface area contributed by atoms with Crippen LogP contribution in [0.1, 0.15) is 32.6 Å². The van der Waals surface area contributed by atoms with Crippen molar-refractivity contribution in [2.45, 2.75) is 42.7 Å². The highest BCUT2D eigenvalue weighted by molar-refractivity contribution is 9.09. The van der Waals surface area contributed by atoms with Gasteiger partial charge in [0.1, 0.15) is 11.0 Å². The third-order valence-electron chi connectivity index (χ3n) is 4.55. The molecule has 150 valence electrons. The van der Waals surface area contributed by atoms with Crippen molar-refractivity contribution in [2.75, 3.05) is 11.9 Å². The normalized spacial score (nSPS) is 25.4. The molecular weight excluding hydrogens is 444 g/mol. The lowest BCUT2D eigenvalue weighted by Crippen LogP contribution is -2.42. The Morgan fingerprint density at radius 1 is 1.50 bits per heavy atom. The first-order valence-electron chi connectivity index (χ1n) is 9.26. The molecule has 0 spiro atoms. The lowest BCUT2D eigenvalue weighted by atomic mass is 10.1. The van der Waals surface area contributed by atoms with Crippen LogP contribution in [0.15, 0.2) is 29.4 Å². The molecule has 2 fully saturated rings. The highest BCUT2D eigenvalue weighted by Gasteiger charge is 2.35. The van der Waals surface area contributed by atoms with E-state index in [1.54, 1.807) is 24.4 Å². The summed E-state index contributed by atoms with van der Waals surface area (Å²) in [7, 11) is 0. The number of carbonyl (C=O) groups excluding carboxylic acids is 2. The molecule has 1 aliphatic heterocycles. The minimum absolute atomic E-state index is 0.00705. The second-order valence-electron chi connectivity index (χ2n) is 6.71. The molecule has 1 aromatic carbocycles. The molecule has 1 aromatic rings. The first-order chi connectivity index (χ1) is 13.5. The van der Waals surface area contributed by atoms with Crippen LogP contribution in [0.3, 0.4) is 0 Å². The number of nitrogens with one attached hydrogen (secondary N) is 2. The van der Waals surface area contributed by atoms with Crippen LogP contribution >= 0.6 is 27.7 Å². The summed E-state index contributed by atoms with van der Waals surface area (Å²) < 4.78 is 5.43. The average molecular weight is 467 g/mol. The zero-order valence-corrected chi connectivity index (χ0v) is 18.0. The fourth-order valence-corrected chi connectivity index (χ4v) is 4.81. The lowest BCUT2D eigenvalue weighted by Gasteiger charge is -2.27. The van der Waals surface area contributed by atoms with Crippen molar-refractivity contribution in [3.05, 3.63) is 24.3 Å². The van der Waals surface area contributed by atoms with E-state index < -0.39 is 5.25 Å². The van der Waals surface area contributed by atoms with Crippen molar-refractivity contribution in [1.29, 1.82) is 5.41 Å². The molecule has 9 heteroatoms. The maximum Gasteiger partial charge on any atom is 0.250 e. The number of hydrogen-bond donors (Lipinski definition) is 2. The zero-order chi connectivity index (χ0) is 20.1. The van der Waals surface area contributed by atoms with E-state index in [1.807, 2.05) is 13.0 Å². The molecular formula is C19H23BrN4O3S. The van der Waals surface area contributed by atoms with E-state index in [1.165, 1.54) is 0 Å². The van der Waals surface area contributed by atoms with Crippen LogP contribution in [-0.2, 0) is 9.59 Å². The number of halogens is 1. The van der Waals surface area contributed by atoms with E-state index in [4.69, 9.17) is 10.1 Å². The summed E-state index contributed by atoms with van der Waals surface area (Å²) in [6.45, 7) is 2.43. The Hall–Kier alpha value is -1.87. The molecule has 2 aliphatic rings. The molecule has 7 nitrogen and oxygen atoms in total. The molecule has 3 unspecified atom stereocenters. The fraction of sp³-hybridized carbons (Fsp3) is 0.474. The Morgan fingerprint density at radius 2 is 2.32 bits per heavy atom. The summed E-state index contributed by atoms with van der Waals surface area (Å²) in [5, 5.41) is 15.6. The summed E-state index contributed by atoms with van der Waals surface area (Å²) in [6.07, 6.45) is 4.86. The number of amidine groups is 1. The minimum Gasteiger partial charge on any atom is -0.494 e. The van der Waals surface area contributed by atoms with E-state index in [-0.39, 0.29) is 23.4 Å². The molecule has 1 saturated heterocycles. The summed E-state index contributed by atoms with van der Waals surface area (Å²) in [6, 6.07) is 7.10. The number of benzene rings is 1. The van der Waals surface area contributed by atoms with Gasteiger partial charge in [-0.15, -0.1) is 0 Å². The van der Waals surface area contributed by atoms with Crippen molar-refractivity contribution >= 4 is 56.6 Å². The molecule has 2 N–H and O–H groups in total. The minimum atomic E-state index is -0.652. The topological polar surface area (TPSA) is 94.8 Å². The van der Waals surface area contributed by atoms with Gasteiger partial charge in [-0.1, -0.05) is 33.8 Å². The number of alkyl halides is 1. The highest BCUT2D eigenvalue weighted by atomic mass is 79.9. The van der Waals surface area contributed by atoms with Gasteiger partial charge < -0.3 is 10.1 Å². The van der Waals surface area contributed by atoms with Crippen molar-refractivity contribution in [3.8, 4) is 5.75 Å². The molecule has 2 amide bonds. The number of anilines is 1. The van der Waals surface area contributed by atoms with Crippen LogP contribution in [0.5, 0.6) is 5.75 Å². The summed E-state index contributed by atoms with van der Waals surface area (Å²) in [4.78, 5) is 25.5. The molecule has 0 aromatic heterocycles. The van der Waals surface area contributed by atoms with Gasteiger partial charge in [0.2, 0.25) is 5.91 Å². The van der Waals surface area contributed by atoms with E-state index in [0.717, 1.165) is 36.0 Å². The number of hydrazone groups is 1. The van der Waals surface area contributed by atoms with Gasteiger partial charge in [0.15, 0.2) is 5.17 Å². The quantitative estimate of drug-likeness (QED) is 0.491. The second-order valence-corrected chi connectivity index (χ2v) is 9.19. The van der Waals surface area contributed by atoms with Crippen molar-refractivity contribution < 1.29 is 14.3 Å². The number of hydrogen-bond acceptors (Lipinski definition) is 6. The van der Waals surface area contributed by atoms with Gasteiger partial charge >= 0.3 is 0 Å². The van der Waals surface area contributed by atoms with Crippen molar-refractivity contribution in [2.24, 2.45) is 11.0 Å². The number of ether oxygens (including phenoxy) is 1. The Balaban J connectivity index is 1.58. The van der Waals surface area contributed by atoms with Gasteiger partial charge in [0.25, 0.3) is 5.91 Å². The van der Waals surface area contributed by atoms with Gasteiger partial charge in [-0.05, 0) is 44.2 Å². The SMILES string of the molecule is CCOc1cccc(NC(=O)C2CC(=O)N(N=CC3CCC(Br)C3)C(=N)S2)c1. The van der Waals surface area contributed by atoms with Crippen LogP contribution in [-0.4, -0.2) is 44.9 Å². The van der Waals surface area contributed by atoms with E-state index in [0.29, 0.717) is 28.8 Å². The molecule has 1 saturated carbocycles. The number of amides is 2. The van der Waals surface area contributed by atoms with E-state index in [9.17, 15) is 9.59 Å². The predicted octanol–water partition coefficient (Wildman–Crippen LogP) is 3.84. The van der Waals surface area contributed by atoms with E-state index >= 15 is 0 Å². The van der Waals surface area contributed by atoms with Gasteiger partial charge in [-0.2, -0.15) is 10.1 Å². The zero-order valence-electron chi connectivity index (χ0n) is 15.6. The van der Waals surface area contributed by atoms with Crippen molar-refractivity contribution in [3.63, 3.8) is 0 Å². The molecule has 1 heterocycles. The number of nitrogens with zero attached hydrogens (tertiary/aromatic N) is 2. The first kappa shape index (κ1) is 20.9. The Kier molecular flexibility index (Phi) is 7.12. The molecule has 1 aliphatic carbocycles. The molecule has 3 rings (SSSR count). The molecule has 0 bridgehead atoms. The monoisotopic (exact) mass is 466 g/mol. The molecule has 3 atom stereocenters. The van der Waals surface area contributed by atoms with Gasteiger partial charge in [0.05, 0.1) is 13.0 Å². The fourth-order valence-electron chi connectivity index (χ4n) is 3.16.